The van der Waals surface area contributed by atoms with Crippen LogP contribution in [0.25, 0.3) is 22.5 Å². The number of hydrogen-bond donors (Lipinski definition) is 1. The highest BCUT2D eigenvalue weighted by Gasteiger charge is 2.10. The maximum Gasteiger partial charge on any atom is 0.246 e. The Labute approximate surface area is 162 Å². The maximum absolute atomic E-state index is 12.2. The third-order valence-electron chi connectivity index (χ3n) is 4.27. The minimum atomic E-state index is -0.101. The Morgan fingerprint density at radius 2 is 1.57 bits per heavy atom. The van der Waals surface area contributed by atoms with Crippen LogP contribution in [0, 0.1) is 0 Å². The van der Waals surface area contributed by atoms with E-state index in [9.17, 15) is 4.79 Å². The van der Waals surface area contributed by atoms with Gasteiger partial charge < -0.3 is 9.84 Å². The van der Waals surface area contributed by atoms with E-state index >= 15 is 0 Å². The Morgan fingerprint density at radius 1 is 0.857 bits per heavy atom. The fourth-order valence-electron chi connectivity index (χ4n) is 2.81. The number of amides is 1. The molecule has 1 amide bonds. The lowest BCUT2D eigenvalue weighted by Gasteiger charge is -2.05. The average Bonchev–Trinajstić information content (AvgIpc) is 3.23. The largest absolute Gasteiger partial charge is 0.347 e. The number of hydrogen-bond acceptors (Lipinski definition) is 5. The van der Waals surface area contributed by atoms with Gasteiger partial charge in [-0.1, -0.05) is 59.8 Å². The predicted molar refractivity (Wildman–Crippen MR) is 105 cm³/mol. The molecule has 0 saturated carbocycles. The molecule has 0 spiro atoms. The molecule has 6 nitrogen and oxygen atoms in total. The molecule has 6 heteroatoms. The van der Waals surface area contributed by atoms with Gasteiger partial charge in [0.15, 0.2) is 0 Å². The smallest absolute Gasteiger partial charge is 0.246 e. The van der Waals surface area contributed by atoms with Gasteiger partial charge in [-0.2, -0.15) is 4.98 Å². The van der Waals surface area contributed by atoms with E-state index in [0.29, 0.717) is 18.1 Å². The van der Waals surface area contributed by atoms with Crippen LogP contribution in [0.15, 0.2) is 83.6 Å². The number of aromatic nitrogens is 3. The molecule has 4 aromatic rings. The first kappa shape index (κ1) is 17.6. The average molecular weight is 370 g/mol. The number of nitrogens with one attached hydrogen (secondary N) is 1. The molecule has 1 N–H and O–H groups in total. The van der Waals surface area contributed by atoms with E-state index in [4.69, 9.17) is 4.52 Å². The molecule has 28 heavy (non-hydrogen) atoms. The molecule has 0 saturated heterocycles. The zero-order valence-corrected chi connectivity index (χ0v) is 15.1. The van der Waals surface area contributed by atoms with Crippen molar-refractivity contribution in [3.63, 3.8) is 0 Å². The molecule has 0 atom stereocenters. The Morgan fingerprint density at radius 3 is 2.32 bits per heavy atom. The van der Waals surface area contributed by atoms with Crippen LogP contribution < -0.4 is 5.32 Å². The minimum Gasteiger partial charge on any atom is -0.347 e. The van der Waals surface area contributed by atoms with Crippen LogP contribution in [0.1, 0.15) is 11.5 Å². The fourth-order valence-corrected chi connectivity index (χ4v) is 2.81. The monoisotopic (exact) mass is 370 g/mol. The first-order valence-electron chi connectivity index (χ1n) is 8.92. The van der Waals surface area contributed by atoms with E-state index in [1.54, 1.807) is 24.5 Å². The summed E-state index contributed by atoms with van der Waals surface area (Å²) < 4.78 is 5.19. The topological polar surface area (TPSA) is 80.9 Å². The Bertz CT molecular complexity index is 1040. The number of carbonyl (C=O) groups excluding carboxylic acids is 1. The molecule has 0 aliphatic carbocycles. The van der Waals surface area contributed by atoms with Gasteiger partial charge in [0, 0.05) is 18.0 Å². The molecule has 0 bridgehead atoms. The van der Waals surface area contributed by atoms with Crippen molar-refractivity contribution in [1.82, 2.24) is 20.4 Å². The van der Waals surface area contributed by atoms with Gasteiger partial charge in [-0.15, -0.1) is 0 Å². The summed E-state index contributed by atoms with van der Waals surface area (Å²) >= 11 is 0. The number of pyridine rings is 1. The summed E-state index contributed by atoms with van der Waals surface area (Å²) in [5.74, 6) is 0.735. The second kappa shape index (κ2) is 8.26. The second-order valence-corrected chi connectivity index (χ2v) is 6.26. The van der Waals surface area contributed by atoms with E-state index in [2.05, 4.69) is 32.6 Å². The van der Waals surface area contributed by atoms with E-state index in [1.165, 1.54) is 0 Å². The highest BCUT2D eigenvalue weighted by Crippen LogP contribution is 2.19. The zero-order valence-electron chi connectivity index (χ0n) is 15.1. The van der Waals surface area contributed by atoms with Gasteiger partial charge in [-0.25, -0.2) is 0 Å². The van der Waals surface area contributed by atoms with Crippen LogP contribution in [0.3, 0.4) is 0 Å². The number of rotatable bonds is 6. The van der Waals surface area contributed by atoms with Crippen molar-refractivity contribution in [2.75, 3.05) is 0 Å². The normalized spacial score (nSPS) is 10.6. The van der Waals surface area contributed by atoms with Gasteiger partial charge in [-0.3, -0.25) is 9.78 Å². The first-order valence-corrected chi connectivity index (χ1v) is 8.92. The molecule has 138 valence electrons. The van der Waals surface area contributed by atoms with Crippen molar-refractivity contribution in [1.29, 1.82) is 0 Å². The van der Waals surface area contributed by atoms with Gasteiger partial charge in [0.2, 0.25) is 17.6 Å². The van der Waals surface area contributed by atoms with Gasteiger partial charge in [0.1, 0.15) is 0 Å². The molecule has 0 radical (unpaired) electrons. The van der Waals surface area contributed by atoms with E-state index in [-0.39, 0.29) is 12.5 Å². The predicted octanol–water partition coefficient (Wildman–Crippen LogP) is 3.66. The van der Waals surface area contributed by atoms with Crippen LogP contribution in [0.4, 0.5) is 0 Å². The third-order valence-corrected chi connectivity index (χ3v) is 4.27. The second-order valence-electron chi connectivity index (χ2n) is 6.26. The summed E-state index contributed by atoms with van der Waals surface area (Å²) in [4.78, 5) is 20.4. The molecular weight excluding hydrogens is 352 g/mol. The molecule has 0 aliphatic heterocycles. The highest BCUT2D eigenvalue weighted by atomic mass is 16.5. The van der Waals surface area contributed by atoms with Crippen LogP contribution in [0.2, 0.25) is 0 Å². The molecule has 2 aromatic carbocycles. The molecule has 0 aliphatic rings. The van der Waals surface area contributed by atoms with Gasteiger partial charge in [-0.05, 0) is 28.8 Å². The summed E-state index contributed by atoms with van der Waals surface area (Å²) in [6.07, 6.45) is 3.62. The summed E-state index contributed by atoms with van der Waals surface area (Å²) in [5, 5.41) is 6.73. The molecule has 0 fully saturated rings. The van der Waals surface area contributed by atoms with Gasteiger partial charge in [0.05, 0.1) is 13.0 Å². The van der Waals surface area contributed by atoms with Crippen molar-refractivity contribution in [2.45, 2.75) is 13.0 Å². The van der Waals surface area contributed by atoms with E-state index in [1.807, 2.05) is 42.5 Å². The quantitative estimate of drug-likeness (QED) is 0.560. The van der Waals surface area contributed by atoms with E-state index in [0.717, 1.165) is 22.3 Å². The van der Waals surface area contributed by atoms with Crippen molar-refractivity contribution in [3.8, 4) is 22.5 Å². The molecule has 2 heterocycles. The number of benzene rings is 2. The van der Waals surface area contributed by atoms with Crippen molar-refractivity contribution in [3.05, 3.63) is 90.6 Å². The van der Waals surface area contributed by atoms with Crippen LogP contribution in [-0.4, -0.2) is 21.0 Å². The molecule has 0 unspecified atom stereocenters. The van der Waals surface area contributed by atoms with Crippen molar-refractivity contribution in [2.24, 2.45) is 0 Å². The standard InChI is InChI=1S/C22H18N4O2/c27-20(14-16-6-8-18(9-7-16)17-4-2-1-3-5-17)24-15-21-25-22(26-28-21)19-10-12-23-13-11-19/h1-13H,14-15H2,(H,24,27). The number of nitrogens with zero attached hydrogens (tertiary/aromatic N) is 3. The molecular formula is C22H18N4O2. The van der Waals surface area contributed by atoms with Crippen molar-refractivity contribution < 1.29 is 9.32 Å². The molecule has 4 rings (SSSR count). The molecule has 2 aromatic heterocycles. The SMILES string of the molecule is O=C(Cc1ccc(-c2ccccc2)cc1)NCc1nc(-c2ccncc2)no1. The summed E-state index contributed by atoms with van der Waals surface area (Å²) in [6.45, 7) is 0.193. The summed E-state index contributed by atoms with van der Waals surface area (Å²) in [5.41, 5.74) is 4.04. The third kappa shape index (κ3) is 4.29. The maximum atomic E-state index is 12.2. The highest BCUT2D eigenvalue weighted by molar-refractivity contribution is 5.78. The van der Waals surface area contributed by atoms with Crippen LogP contribution >= 0.6 is 0 Å². The zero-order chi connectivity index (χ0) is 19.2. The Kier molecular flexibility index (Phi) is 5.20. The first-order chi connectivity index (χ1) is 13.8. The lowest BCUT2D eigenvalue weighted by molar-refractivity contribution is -0.120. The number of carbonyl (C=O) groups is 1. The summed E-state index contributed by atoms with van der Waals surface area (Å²) in [7, 11) is 0. The summed E-state index contributed by atoms with van der Waals surface area (Å²) in [6, 6.07) is 21.7. The van der Waals surface area contributed by atoms with Crippen LogP contribution in [-0.2, 0) is 17.8 Å². The Hall–Kier alpha value is -3.80. The lowest BCUT2D eigenvalue weighted by atomic mass is 10.0. The van der Waals surface area contributed by atoms with Crippen molar-refractivity contribution >= 4 is 5.91 Å². The lowest BCUT2D eigenvalue weighted by Crippen LogP contribution is -2.24. The van der Waals surface area contributed by atoms with Gasteiger partial charge >= 0.3 is 0 Å². The fraction of sp³-hybridized carbons (Fsp3) is 0.0909. The van der Waals surface area contributed by atoms with Gasteiger partial charge in [0.25, 0.3) is 0 Å². The minimum absolute atomic E-state index is 0.101. The van der Waals surface area contributed by atoms with E-state index < -0.39 is 0 Å². The Balaban J connectivity index is 1.32. The van der Waals surface area contributed by atoms with Crippen LogP contribution in [0.5, 0.6) is 0 Å².